The Morgan fingerprint density at radius 2 is 2.00 bits per heavy atom. The topological polar surface area (TPSA) is 58.4 Å². The first-order valence-electron chi connectivity index (χ1n) is 11.0. The summed E-state index contributed by atoms with van der Waals surface area (Å²) in [5.41, 5.74) is 2.23. The minimum absolute atomic E-state index is 0.0328. The highest BCUT2D eigenvalue weighted by molar-refractivity contribution is 7.81. The number of amides is 1. The number of carbonyl (C=O) groups excluding carboxylic acids is 2. The van der Waals surface area contributed by atoms with Crippen LogP contribution in [-0.4, -0.2) is 63.7 Å². The maximum atomic E-state index is 14.7. The molecule has 1 aliphatic heterocycles. The van der Waals surface area contributed by atoms with Crippen LogP contribution in [0.2, 0.25) is 0 Å². The zero-order valence-corrected chi connectivity index (χ0v) is 19.3. The van der Waals surface area contributed by atoms with E-state index in [-0.39, 0.29) is 35.2 Å². The van der Waals surface area contributed by atoms with Gasteiger partial charge in [-0.15, -0.1) is 0 Å². The van der Waals surface area contributed by atoms with Crippen molar-refractivity contribution in [3.05, 3.63) is 59.2 Å². The maximum Gasteiger partial charge on any atom is 0.243 e. The molecular formula is C24H29FN4O2S. The molecule has 2 heterocycles. The summed E-state index contributed by atoms with van der Waals surface area (Å²) < 4.78 is 16.3. The number of piperidine rings is 1. The molecule has 1 aliphatic carbocycles. The lowest BCUT2D eigenvalue weighted by Crippen LogP contribution is -2.42. The summed E-state index contributed by atoms with van der Waals surface area (Å²) in [5.74, 6) is -0.229. The highest BCUT2D eigenvalue weighted by atomic mass is 32.1. The Balaban J connectivity index is 1.56. The molecule has 0 bridgehead atoms. The van der Waals surface area contributed by atoms with Gasteiger partial charge in [0.05, 0.1) is 11.7 Å². The molecule has 170 valence electrons. The number of likely N-dealkylation sites (tertiary alicyclic amines) is 1. The number of nitrogens with zero attached hydrogens (tertiary/aromatic N) is 4. The predicted molar refractivity (Wildman–Crippen MR) is 125 cm³/mol. The van der Waals surface area contributed by atoms with Crippen LogP contribution < -0.4 is 0 Å². The number of rotatable bonds is 7. The van der Waals surface area contributed by atoms with Crippen LogP contribution in [0.5, 0.6) is 0 Å². The van der Waals surface area contributed by atoms with Crippen LogP contribution in [0.25, 0.3) is 6.08 Å². The third-order valence-corrected chi connectivity index (χ3v) is 6.70. The van der Waals surface area contributed by atoms with Gasteiger partial charge in [-0.1, -0.05) is 18.2 Å². The Labute approximate surface area is 193 Å². The summed E-state index contributed by atoms with van der Waals surface area (Å²) >= 11 is 4.75. The normalized spacial score (nSPS) is 21.5. The molecule has 4 rings (SSSR count). The van der Waals surface area contributed by atoms with Crippen molar-refractivity contribution in [2.75, 3.05) is 27.2 Å². The fourth-order valence-electron chi connectivity index (χ4n) is 4.08. The first-order valence-corrected chi connectivity index (χ1v) is 11.5. The zero-order chi connectivity index (χ0) is 22.8. The third kappa shape index (κ3) is 5.13. The van der Waals surface area contributed by atoms with Crippen molar-refractivity contribution in [2.45, 2.75) is 37.1 Å². The Morgan fingerprint density at radius 1 is 1.25 bits per heavy atom. The third-order valence-electron chi connectivity index (χ3n) is 6.11. The van der Waals surface area contributed by atoms with E-state index in [1.807, 2.05) is 12.1 Å². The smallest absolute Gasteiger partial charge is 0.243 e. The summed E-state index contributed by atoms with van der Waals surface area (Å²) in [6, 6.07) is 7.86. The fourth-order valence-corrected chi connectivity index (χ4v) is 4.36. The fraction of sp³-hybridized carbons (Fsp3) is 0.458. The molecule has 1 aromatic heterocycles. The van der Waals surface area contributed by atoms with Crippen molar-refractivity contribution in [1.82, 2.24) is 19.6 Å². The van der Waals surface area contributed by atoms with Gasteiger partial charge in [-0.2, -0.15) is 17.7 Å². The van der Waals surface area contributed by atoms with Gasteiger partial charge < -0.3 is 4.90 Å². The average Bonchev–Trinajstić information content (AvgIpc) is 3.52. The summed E-state index contributed by atoms with van der Waals surface area (Å²) in [6.07, 6.45) is 6.29. The zero-order valence-electron chi connectivity index (χ0n) is 18.4. The van der Waals surface area contributed by atoms with Gasteiger partial charge in [-0.3, -0.25) is 19.2 Å². The van der Waals surface area contributed by atoms with Crippen LogP contribution in [0.1, 0.15) is 36.6 Å². The van der Waals surface area contributed by atoms with Crippen LogP contribution in [0.4, 0.5) is 4.39 Å². The number of thiol groups is 1. The molecule has 1 saturated heterocycles. The lowest BCUT2D eigenvalue weighted by atomic mass is 9.93. The molecule has 6 nitrogen and oxygen atoms in total. The molecule has 32 heavy (non-hydrogen) atoms. The highest BCUT2D eigenvalue weighted by Crippen LogP contribution is 2.39. The quantitative estimate of drug-likeness (QED) is 0.650. The van der Waals surface area contributed by atoms with Gasteiger partial charge in [0.1, 0.15) is 12.4 Å². The SMILES string of the molecule is CN(C)C(=O)Cn1ccc(C=C2CN(C(C(=O)C3CC3)c3ccccc3F)CCC2S)n1. The van der Waals surface area contributed by atoms with Gasteiger partial charge in [0.15, 0.2) is 5.78 Å². The average molecular weight is 457 g/mol. The minimum atomic E-state index is -0.580. The van der Waals surface area contributed by atoms with E-state index in [4.69, 9.17) is 12.6 Å². The van der Waals surface area contributed by atoms with Crippen molar-refractivity contribution in [2.24, 2.45) is 5.92 Å². The summed E-state index contributed by atoms with van der Waals surface area (Å²) in [5, 5.41) is 4.53. The largest absolute Gasteiger partial charge is 0.347 e. The second-order valence-electron chi connectivity index (χ2n) is 8.82. The van der Waals surface area contributed by atoms with Gasteiger partial charge >= 0.3 is 0 Å². The number of aromatic nitrogens is 2. The van der Waals surface area contributed by atoms with Crippen molar-refractivity contribution >= 4 is 30.4 Å². The van der Waals surface area contributed by atoms with E-state index in [1.165, 1.54) is 11.0 Å². The molecule has 0 N–H and O–H groups in total. The monoisotopic (exact) mass is 456 g/mol. The lowest BCUT2D eigenvalue weighted by molar-refractivity contribution is -0.129. The summed E-state index contributed by atoms with van der Waals surface area (Å²) in [7, 11) is 3.43. The first-order chi connectivity index (χ1) is 15.3. The minimum Gasteiger partial charge on any atom is -0.347 e. The van der Waals surface area contributed by atoms with Crippen molar-refractivity contribution in [1.29, 1.82) is 0 Å². The molecular weight excluding hydrogens is 427 g/mol. The van der Waals surface area contributed by atoms with E-state index in [0.717, 1.165) is 30.5 Å². The molecule has 1 aromatic carbocycles. The Bertz CT molecular complexity index is 1030. The van der Waals surface area contributed by atoms with Gasteiger partial charge in [0.25, 0.3) is 0 Å². The number of benzene rings is 1. The number of likely N-dealkylation sites (N-methyl/N-ethyl adjacent to an activating group) is 1. The van der Waals surface area contributed by atoms with Crippen LogP contribution in [0.15, 0.2) is 42.1 Å². The standard InChI is InChI=1S/C24H29FN4O2S/c1-27(2)22(30)15-29-12-9-18(26-29)13-17-14-28(11-10-21(17)32)23(24(31)16-7-8-16)19-5-3-4-6-20(19)25/h3-6,9,12-13,16,21,23,32H,7-8,10-11,14-15H2,1-2H3. The molecule has 2 unspecified atom stereocenters. The molecule has 2 fully saturated rings. The second-order valence-corrected chi connectivity index (χ2v) is 9.44. The van der Waals surface area contributed by atoms with Crippen LogP contribution in [-0.2, 0) is 16.1 Å². The lowest BCUT2D eigenvalue weighted by Gasteiger charge is -2.37. The number of hydrogen-bond acceptors (Lipinski definition) is 5. The number of hydrogen-bond donors (Lipinski definition) is 1. The highest BCUT2D eigenvalue weighted by Gasteiger charge is 2.40. The van der Waals surface area contributed by atoms with Crippen LogP contribution in [0, 0.1) is 11.7 Å². The molecule has 2 aliphatic rings. The van der Waals surface area contributed by atoms with Crippen molar-refractivity contribution in [3.63, 3.8) is 0 Å². The van der Waals surface area contributed by atoms with Gasteiger partial charge in [-0.25, -0.2) is 4.39 Å². The molecule has 2 atom stereocenters. The molecule has 1 saturated carbocycles. The summed E-state index contributed by atoms with van der Waals surface area (Å²) in [4.78, 5) is 28.7. The molecule has 0 radical (unpaired) electrons. The van der Waals surface area contributed by atoms with E-state index in [1.54, 1.807) is 43.2 Å². The van der Waals surface area contributed by atoms with E-state index in [0.29, 0.717) is 18.7 Å². The van der Waals surface area contributed by atoms with Gasteiger partial charge in [0, 0.05) is 50.1 Å². The van der Waals surface area contributed by atoms with Gasteiger partial charge in [0.2, 0.25) is 5.91 Å². The molecule has 2 aromatic rings. The Morgan fingerprint density at radius 3 is 2.69 bits per heavy atom. The number of carbonyl (C=O) groups is 2. The Hall–Kier alpha value is -2.45. The molecule has 0 spiro atoms. The molecule has 8 heteroatoms. The van der Waals surface area contributed by atoms with Crippen molar-refractivity contribution in [3.8, 4) is 0 Å². The second kappa shape index (κ2) is 9.58. The van der Waals surface area contributed by atoms with E-state index in [2.05, 4.69) is 10.00 Å². The van der Waals surface area contributed by atoms with Gasteiger partial charge in [-0.05, 0) is 43.0 Å². The van der Waals surface area contributed by atoms with Crippen LogP contribution >= 0.6 is 12.6 Å². The maximum absolute atomic E-state index is 14.7. The Kier molecular flexibility index (Phi) is 6.81. The molecule has 1 amide bonds. The van der Waals surface area contributed by atoms with E-state index in [9.17, 15) is 14.0 Å². The first kappa shape index (κ1) is 22.7. The van der Waals surface area contributed by atoms with Crippen LogP contribution in [0.3, 0.4) is 0 Å². The van der Waals surface area contributed by atoms with Crippen molar-refractivity contribution < 1.29 is 14.0 Å². The van der Waals surface area contributed by atoms with E-state index >= 15 is 0 Å². The number of Topliss-reactive ketones (excluding diaryl/α,β-unsaturated/α-hetero) is 1. The van der Waals surface area contributed by atoms with E-state index < -0.39 is 6.04 Å². The number of halogens is 1. The number of ketones is 1. The summed E-state index contributed by atoms with van der Waals surface area (Å²) in [6.45, 7) is 1.38. The predicted octanol–water partition coefficient (Wildman–Crippen LogP) is 3.22.